The molecule has 0 aliphatic carbocycles. The molecule has 0 radical (unpaired) electrons. The second-order valence-electron chi connectivity index (χ2n) is 7.10. The molecule has 0 spiro atoms. The number of aryl methyl sites for hydroxylation is 1. The van der Waals surface area contributed by atoms with Crippen molar-refractivity contribution in [2.75, 3.05) is 20.2 Å². The Labute approximate surface area is 183 Å². The van der Waals surface area contributed by atoms with E-state index in [1.54, 1.807) is 44.4 Å². The molecular formula is C23H27N3O4S. The third-order valence-electron chi connectivity index (χ3n) is 5.18. The van der Waals surface area contributed by atoms with E-state index in [9.17, 15) is 13.2 Å². The first-order chi connectivity index (χ1) is 14.8. The minimum atomic E-state index is -3.50. The lowest BCUT2D eigenvalue weighted by molar-refractivity contribution is 0.0950. The zero-order valence-corrected chi connectivity index (χ0v) is 19.0. The number of nitrogens with zero attached hydrogens (tertiary/aromatic N) is 2. The molecule has 0 saturated carbocycles. The first-order valence-electron chi connectivity index (χ1n) is 10.1. The monoisotopic (exact) mass is 441 g/mol. The average molecular weight is 442 g/mol. The number of carbonyl (C=O) groups is 1. The standard InChI is InChI=1S/C23H27N3O4S/c1-5-26(6-2)31(28,29)20-10-7-17(8-11-20)15-24-23(27)21-14-18-13-19(30-4)9-12-22(18)25-16(21)3/h7-14H,5-6,15H2,1-4H3,(H,24,27). The molecule has 2 aromatic carbocycles. The van der Waals surface area contributed by atoms with Gasteiger partial charge in [-0.15, -0.1) is 0 Å². The molecular weight excluding hydrogens is 414 g/mol. The number of hydrogen-bond acceptors (Lipinski definition) is 5. The van der Waals surface area contributed by atoms with E-state index in [0.29, 0.717) is 30.1 Å². The minimum absolute atomic E-state index is 0.241. The van der Waals surface area contributed by atoms with Gasteiger partial charge in [-0.1, -0.05) is 26.0 Å². The summed E-state index contributed by atoms with van der Waals surface area (Å²) in [5, 5.41) is 3.70. The normalized spacial score (nSPS) is 11.6. The Morgan fingerprint density at radius 3 is 2.35 bits per heavy atom. The van der Waals surface area contributed by atoms with Crippen LogP contribution in [0.3, 0.4) is 0 Å². The van der Waals surface area contributed by atoms with Crippen LogP contribution in [0.2, 0.25) is 0 Å². The average Bonchev–Trinajstić information content (AvgIpc) is 2.77. The molecule has 1 amide bonds. The number of methoxy groups -OCH3 is 1. The van der Waals surface area contributed by atoms with Crippen LogP contribution in [0.5, 0.6) is 5.75 Å². The summed E-state index contributed by atoms with van der Waals surface area (Å²) in [5.41, 5.74) is 2.72. The Morgan fingerprint density at radius 2 is 1.74 bits per heavy atom. The summed E-state index contributed by atoms with van der Waals surface area (Å²) < 4.78 is 31.8. The molecule has 1 N–H and O–H groups in total. The van der Waals surface area contributed by atoms with E-state index in [2.05, 4.69) is 10.3 Å². The molecule has 0 fully saturated rings. The number of amides is 1. The van der Waals surface area contributed by atoms with Gasteiger partial charge >= 0.3 is 0 Å². The number of rotatable bonds is 8. The molecule has 0 bridgehead atoms. The van der Waals surface area contributed by atoms with Crippen molar-refractivity contribution in [1.82, 2.24) is 14.6 Å². The van der Waals surface area contributed by atoms with E-state index < -0.39 is 10.0 Å². The topological polar surface area (TPSA) is 88.6 Å². The number of sulfonamides is 1. The lowest BCUT2D eigenvalue weighted by Crippen LogP contribution is -2.30. The number of nitrogens with one attached hydrogen (secondary N) is 1. The number of hydrogen-bond donors (Lipinski definition) is 1. The van der Waals surface area contributed by atoms with Crippen molar-refractivity contribution in [2.24, 2.45) is 0 Å². The van der Waals surface area contributed by atoms with Gasteiger partial charge in [0.15, 0.2) is 0 Å². The van der Waals surface area contributed by atoms with Crippen molar-refractivity contribution in [3.63, 3.8) is 0 Å². The highest BCUT2D eigenvalue weighted by Crippen LogP contribution is 2.22. The summed E-state index contributed by atoms with van der Waals surface area (Å²) in [6, 6.07) is 13.9. The quantitative estimate of drug-likeness (QED) is 0.578. The van der Waals surface area contributed by atoms with Gasteiger partial charge in [-0.2, -0.15) is 4.31 Å². The zero-order chi connectivity index (χ0) is 22.6. The first-order valence-corrected chi connectivity index (χ1v) is 11.6. The Bertz CT molecular complexity index is 1190. The van der Waals surface area contributed by atoms with E-state index in [-0.39, 0.29) is 17.3 Å². The molecule has 7 nitrogen and oxygen atoms in total. The van der Waals surface area contributed by atoms with Gasteiger partial charge in [0, 0.05) is 25.0 Å². The summed E-state index contributed by atoms with van der Waals surface area (Å²) in [6.45, 7) is 6.53. The molecule has 164 valence electrons. The molecule has 3 aromatic rings. The third kappa shape index (κ3) is 4.86. The fourth-order valence-corrected chi connectivity index (χ4v) is 4.84. The van der Waals surface area contributed by atoms with Crippen molar-refractivity contribution in [3.8, 4) is 5.75 Å². The van der Waals surface area contributed by atoms with E-state index in [0.717, 1.165) is 16.5 Å². The number of pyridine rings is 1. The number of aromatic nitrogens is 1. The molecule has 0 atom stereocenters. The van der Waals surface area contributed by atoms with Crippen LogP contribution in [0.1, 0.15) is 35.5 Å². The van der Waals surface area contributed by atoms with Crippen molar-refractivity contribution in [3.05, 3.63) is 65.4 Å². The predicted octanol–water partition coefficient (Wildman–Crippen LogP) is 3.51. The molecule has 0 unspecified atom stereocenters. The van der Waals surface area contributed by atoms with Crippen LogP contribution in [0, 0.1) is 6.92 Å². The Morgan fingerprint density at radius 1 is 1.06 bits per heavy atom. The number of benzene rings is 2. The summed E-state index contributed by atoms with van der Waals surface area (Å²) >= 11 is 0. The molecule has 0 saturated heterocycles. The highest BCUT2D eigenvalue weighted by atomic mass is 32.2. The number of ether oxygens (including phenoxy) is 1. The van der Waals surface area contributed by atoms with Crippen LogP contribution in [0.4, 0.5) is 0 Å². The van der Waals surface area contributed by atoms with Crippen LogP contribution >= 0.6 is 0 Å². The van der Waals surface area contributed by atoms with Crippen LogP contribution in [-0.2, 0) is 16.6 Å². The highest BCUT2D eigenvalue weighted by molar-refractivity contribution is 7.89. The summed E-state index contributed by atoms with van der Waals surface area (Å²) in [7, 11) is -1.90. The molecule has 1 heterocycles. The Balaban J connectivity index is 1.74. The van der Waals surface area contributed by atoms with Gasteiger partial charge in [0.05, 0.1) is 28.8 Å². The highest BCUT2D eigenvalue weighted by Gasteiger charge is 2.21. The maximum absolute atomic E-state index is 12.7. The van der Waals surface area contributed by atoms with Gasteiger partial charge in [-0.3, -0.25) is 9.78 Å². The maximum atomic E-state index is 12.7. The molecule has 0 aliphatic heterocycles. The van der Waals surface area contributed by atoms with Crippen LogP contribution in [0.15, 0.2) is 53.4 Å². The second-order valence-corrected chi connectivity index (χ2v) is 9.03. The van der Waals surface area contributed by atoms with Gasteiger partial charge in [0.25, 0.3) is 5.91 Å². The van der Waals surface area contributed by atoms with E-state index in [4.69, 9.17) is 4.74 Å². The molecule has 0 aliphatic rings. The largest absolute Gasteiger partial charge is 0.497 e. The Hall–Kier alpha value is -2.97. The SMILES string of the molecule is CCN(CC)S(=O)(=O)c1ccc(CNC(=O)c2cc3cc(OC)ccc3nc2C)cc1. The molecule has 3 rings (SSSR count). The predicted molar refractivity (Wildman–Crippen MR) is 121 cm³/mol. The van der Waals surface area contributed by atoms with Gasteiger partial charge in [0.1, 0.15) is 5.75 Å². The minimum Gasteiger partial charge on any atom is -0.497 e. The summed E-state index contributed by atoms with van der Waals surface area (Å²) in [6.07, 6.45) is 0. The third-order valence-corrected chi connectivity index (χ3v) is 7.24. The van der Waals surface area contributed by atoms with Crippen molar-refractivity contribution in [2.45, 2.75) is 32.2 Å². The van der Waals surface area contributed by atoms with Gasteiger partial charge in [-0.05, 0) is 48.9 Å². The van der Waals surface area contributed by atoms with E-state index >= 15 is 0 Å². The smallest absolute Gasteiger partial charge is 0.253 e. The maximum Gasteiger partial charge on any atom is 0.253 e. The molecule has 8 heteroatoms. The van der Waals surface area contributed by atoms with Crippen molar-refractivity contribution < 1.29 is 17.9 Å². The zero-order valence-electron chi connectivity index (χ0n) is 18.2. The fourth-order valence-electron chi connectivity index (χ4n) is 3.38. The number of fused-ring (bicyclic) bond motifs is 1. The van der Waals surface area contributed by atoms with Gasteiger partial charge in [-0.25, -0.2) is 8.42 Å². The van der Waals surface area contributed by atoms with Crippen LogP contribution in [0.25, 0.3) is 10.9 Å². The molecule has 1 aromatic heterocycles. The Kier molecular flexibility index (Phi) is 6.92. The fraction of sp³-hybridized carbons (Fsp3) is 0.304. The van der Waals surface area contributed by atoms with E-state index in [1.165, 1.54) is 4.31 Å². The number of carbonyl (C=O) groups excluding carboxylic acids is 1. The van der Waals surface area contributed by atoms with Crippen LogP contribution < -0.4 is 10.1 Å². The first kappa shape index (κ1) is 22.7. The lowest BCUT2D eigenvalue weighted by atomic mass is 10.1. The van der Waals surface area contributed by atoms with E-state index in [1.807, 2.05) is 32.0 Å². The van der Waals surface area contributed by atoms with Gasteiger partial charge in [0.2, 0.25) is 10.0 Å². The van der Waals surface area contributed by atoms with Crippen LogP contribution in [-0.4, -0.2) is 43.8 Å². The van der Waals surface area contributed by atoms with Crippen molar-refractivity contribution >= 4 is 26.8 Å². The van der Waals surface area contributed by atoms with Gasteiger partial charge < -0.3 is 10.1 Å². The van der Waals surface area contributed by atoms with Crippen molar-refractivity contribution in [1.29, 1.82) is 0 Å². The molecule has 31 heavy (non-hydrogen) atoms. The second kappa shape index (κ2) is 9.45. The lowest BCUT2D eigenvalue weighted by Gasteiger charge is -2.18. The summed E-state index contributed by atoms with van der Waals surface area (Å²) in [4.78, 5) is 17.5. The summed E-state index contributed by atoms with van der Waals surface area (Å²) in [5.74, 6) is 0.457.